The highest BCUT2D eigenvalue weighted by molar-refractivity contribution is 5.74. The zero-order chi connectivity index (χ0) is 8.55. The minimum absolute atomic E-state index is 0.00866. The van der Waals surface area contributed by atoms with Gasteiger partial charge in [-0.05, 0) is 31.6 Å². The summed E-state index contributed by atoms with van der Waals surface area (Å²) < 4.78 is 5.01. The van der Waals surface area contributed by atoms with E-state index in [1.165, 1.54) is 6.42 Å². The highest BCUT2D eigenvalue weighted by atomic mass is 16.5. The third-order valence-corrected chi connectivity index (χ3v) is 2.87. The van der Waals surface area contributed by atoms with E-state index in [1.807, 2.05) is 6.92 Å². The number of rotatable bonds is 2. The van der Waals surface area contributed by atoms with Crippen LogP contribution in [0.1, 0.15) is 19.8 Å². The SMILES string of the molecule is CCOC(=O)C1C[C@H]2C=C[C@@H]1C2. The molecule has 0 spiro atoms. The van der Waals surface area contributed by atoms with E-state index >= 15 is 0 Å². The lowest BCUT2D eigenvalue weighted by atomic mass is 9.94. The monoisotopic (exact) mass is 166 g/mol. The molecule has 2 aliphatic carbocycles. The molecule has 0 aromatic rings. The third-order valence-electron chi connectivity index (χ3n) is 2.87. The van der Waals surface area contributed by atoms with E-state index in [1.54, 1.807) is 0 Å². The van der Waals surface area contributed by atoms with E-state index in [4.69, 9.17) is 4.74 Å². The number of hydrogen-bond acceptors (Lipinski definition) is 2. The molecule has 0 saturated heterocycles. The molecular weight excluding hydrogens is 152 g/mol. The predicted molar refractivity (Wildman–Crippen MR) is 45.5 cm³/mol. The van der Waals surface area contributed by atoms with Gasteiger partial charge in [-0.3, -0.25) is 4.79 Å². The number of allylic oxidation sites excluding steroid dienone is 2. The topological polar surface area (TPSA) is 26.3 Å². The molecular formula is C10H14O2. The molecule has 2 bridgehead atoms. The molecule has 0 heterocycles. The van der Waals surface area contributed by atoms with Gasteiger partial charge in [0.25, 0.3) is 0 Å². The summed E-state index contributed by atoms with van der Waals surface area (Å²) in [7, 11) is 0. The van der Waals surface area contributed by atoms with Crippen molar-refractivity contribution in [3.05, 3.63) is 12.2 Å². The first-order valence-corrected chi connectivity index (χ1v) is 4.66. The Hall–Kier alpha value is -0.790. The van der Waals surface area contributed by atoms with Crippen LogP contribution in [0.4, 0.5) is 0 Å². The fraction of sp³-hybridized carbons (Fsp3) is 0.700. The maximum Gasteiger partial charge on any atom is 0.309 e. The highest BCUT2D eigenvalue weighted by Crippen LogP contribution is 2.43. The van der Waals surface area contributed by atoms with Crippen molar-refractivity contribution in [1.82, 2.24) is 0 Å². The number of carbonyl (C=O) groups excluding carboxylic acids is 1. The minimum Gasteiger partial charge on any atom is -0.466 e. The van der Waals surface area contributed by atoms with Crippen LogP contribution in [0.3, 0.4) is 0 Å². The Morgan fingerprint density at radius 2 is 2.33 bits per heavy atom. The summed E-state index contributed by atoms with van der Waals surface area (Å²) in [5, 5.41) is 0. The molecule has 0 aliphatic heterocycles. The van der Waals surface area contributed by atoms with Gasteiger partial charge >= 0.3 is 5.97 Å². The number of esters is 1. The summed E-state index contributed by atoms with van der Waals surface area (Å²) in [5.74, 6) is 1.31. The Morgan fingerprint density at radius 3 is 2.83 bits per heavy atom. The number of fused-ring (bicyclic) bond motifs is 2. The first kappa shape index (κ1) is 7.84. The van der Waals surface area contributed by atoms with Gasteiger partial charge in [0.1, 0.15) is 0 Å². The summed E-state index contributed by atoms with van der Waals surface area (Å²) in [5.41, 5.74) is 0. The summed E-state index contributed by atoms with van der Waals surface area (Å²) in [4.78, 5) is 11.4. The van der Waals surface area contributed by atoms with Crippen LogP contribution in [0, 0.1) is 17.8 Å². The fourth-order valence-electron chi connectivity index (χ4n) is 2.30. The van der Waals surface area contributed by atoms with E-state index in [-0.39, 0.29) is 11.9 Å². The lowest BCUT2D eigenvalue weighted by Gasteiger charge is -2.15. The van der Waals surface area contributed by atoms with Gasteiger partial charge in [-0.15, -0.1) is 0 Å². The summed E-state index contributed by atoms with van der Waals surface area (Å²) >= 11 is 0. The maximum atomic E-state index is 11.4. The standard InChI is InChI=1S/C10H14O2/c1-2-12-10(11)9-6-7-3-4-8(9)5-7/h3-4,7-9H,2,5-6H2,1H3/t7-,8+,9?/m0/s1. The molecule has 2 nitrogen and oxygen atoms in total. The van der Waals surface area contributed by atoms with Crippen molar-refractivity contribution in [2.24, 2.45) is 17.8 Å². The second-order valence-corrected chi connectivity index (χ2v) is 3.64. The molecule has 0 N–H and O–H groups in total. The van der Waals surface area contributed by atoms with Gasteiger partial charge in [-0.1, -0.05) is 12.2 Å². The molecule has 0 amide bonds. The third kappa shape index (κ3) is 1.15. The molecule has 1 saturated carbocycles. The number of carbonyl (C=O) groups is 1. The Balaban J connectivity index is 1.98. The largest absolute Gasteiger partial charge is 0.466 e. The minimum atomic E-state index is 0.00866. The molecule has 1 fully saturated rings. The van der Waals surface area contributed by atoms with Crippen molar-refractivity contribution >= 4 is 5.97 Å². The van der Waals surface area contributed by atoms with Gasteiger partial charge in [0.2, 0.25) is 0 Å². The van der Waals surface area contributed by atoms with Gasteiger partial charge in [-0.25, -0.2) is 0 Å². The lowest BCUT2D eigenvalue weighted by molar-refractivity contribution is -0.148. The van der Waals surface area contributed by atoms with E-state index in [0.29, 0.717) is 18.4 Å². The van der Waals surface area contributed by atoms with Crippen LogP contribution in [-0.2, 0) is 9.53 Å². The number of hydrogen-bond donors (Lipinski definition) is 0. The summed E-state index contributed by atoms with van der Waals surface area (Å²) in [6.07, 6.45) is 6.60. The zero-order valence-corrected chi connectivity index (χ0v) is 7.32. The van der Waals surface area contributed by atoms with Gasteiger partial charge < -0.3 is 4.74 Å². The maximum absolute atomic E-state index is 11.4. The Bertz CT molecular complexity index is 220. The Labute approximate surface area is 72.6 Å². The van der Waals surface area contributed by atoms with Crippen LogP contribution in [0.25, 0.3) is 0 Å². The smallest absolute Gasteiger partial charge is 0.309 e. The molecule has 1 unspecified atom stereocenters. The van der Waals surface area contributed by atoms with Crippen molar-refractivity contribution in [3.63, 3.8) is 0 Å². The lowest BCUT2D eigenvalue weighted by Crippen LogP contribution is -2.21. The molecule has 0 aromatic heterocycles. The van der Waals surface area contributed by atoms with E-state index in [0.717, 1.165) is 6.42 Å². The van der Waals surface area contributed by atoms with Crippen LogP contribution in [0.2, 0.25) is 0 Å². The average molecular weight is 166 g/mol. The second-order valence-electron chi connectivity index (χ2n) is 3.64. The highest BCUT2D eigenvalue weighted by Gasteiger charge is 2.40. The van der Waals surface area contributed by atoms with Crippen LogP contribution in [-0.4, -0.2) is 12.6 Å². The number of ether oxygens (including phenoxy) is 1. The molecule has 12 heavy (non-hydrogen) atoms. The first-order chi connectivity index (χ1) is 5.81. The van der Waals surface area contributed by atoms with Crippen LogP contribution in [0.5, 0.6) is 0 Å². The second kappa shape index (κ2) is 2.92. The summed E-state index contributed by atoms with van der Waals surface area (Å²) in [6, 6.07) is 0. The van der Waals surface area contributed by atoms with Crippen molar-refractivity contribution in [2.75, 3.05) is 6.61 Å². The zero-order valence-electron chi connectivity index (χ0n) is 7.32. The van der Waals surface area contributed by atoms with Crippen LogP contribution >= 0.6 is 0 Å². The van der Waals surface area contributed by atoms with Gasteiger partial charge in [0.05, 0.1) is 12.5 Å². The van der Waals surface area contributed by atoms with Crippen molar-refractivity contribution < 1.29 is 9.53 Å². The predicted octanol–water partition coefficient (Wildman–Crippen LogP) is 1.76. The van der Waals surface area contributed by atoms with Gasteiger partial charge in [0, 0.05) is 0 Å². The molecule has 3 atom stereocenters. The van der Waals surface area contributed by atoms with Crippen molar-refractivity contribution in [1.29, 1.82) is 0 Å². The van der Waals surface area contributed by atoms with E-state index < -0.39 is 0 Å². The molecule has 66 valence electrons. The Morgan fingerprint density at radius 1 is 1.50 bits per heavy atom. The molecule has 0 radical (unpaired) electrons. The summed E-state index contributed by atoms with van der Waals surface area (Å²) in [6.45, 7) is 2.37. The molecule has 0 aromatic carbocycles. The quantitative estimate of drug-likeness (QED) is 0.461. The molecule has 2 rings (SSSR count). The first-order valence-electron chi connectivity index (χ1n) is 4.66. The van der Waals surface area contributed by atoms with Crippen LogP contribution in [0.15, 0.2) is 12.2 Å². The van der Waals surface area contributed by atoms with Crippen LogP contribution < -0.4 is 0 Å². The van der Waals surface area contributed by atoms with Crippen molar-refractivity contribution in [2.45, 2.75) is 19.8 Å². The average Bonchev–Trinajstić information content (AvgIpc) is 2.64. The van der Waals surface area contributed by atoms with Gasteiger partial charge in [0.15, 0.2) is 0 Å². The van der Waals surface area contributed by atoms with E-state index in [2.05, 4.69) is 12.2 Å². The van der Waals surface area contributed by atoms with E-state index in [9.17, 15) is 4.79 Å². The Kier molecular flexibility index (Phi) is 1.91. The van der Waals surface area contributed by atoms with Crippen molar-refractivity contribution in [3.8, 4) is 0 Å². The normalized spacial score (nSPS) is 37.2. The molecule has 2 aliphatic rings. The van der Waals surface area contributed by atoms with Gasteiger partial charge in [-0.2, -0.15) is 0 Å². The fourth-order valence-corrected chi connectivity index (χ4v) is 2.30. The molecule has 2 heteroatoms.